The summed E-state index contributed by atoms with van der Waals surface area (Å²) >= 11 is 0. The lowest BCUT2D eigenvalue weighted by atomic mass is 10.0. The number of carboxylic acids is 1. The monoisotopic (exact) mass is 242 g/mol. The van der Waals surface area contributed by atoms with E-state index in [1.807, 2.05) is 6.92 Å². The maximum Gasteiger partial charge on any atom is 0.321 e. The van der Waals surface area contributed by atoms with Crippen molar-refractivity contribution < 1.29 is 19.5 Å². The first kappa shape index (κ1) is 13.5. The number of rotatable bonds is 5. The first-order chi connectivity index (χ1) is 7.81. The van der Waals surface area contributed by atoms with E-state index in [9.17, 15) is 14.4 Å². The van der Waals surface area contributed by atoms with Gasteiger partial charge in [0.25, 0.3) is 0 Å². The van der Waals surface area contributed by atoms with Crippen LogP contribution in [0, 0.1) is 5.92 Å². The van der Waals surface area contributed by atoms with Gasteiger partial charge in [-0.3, -0.25) is 14.9 Å². The largest absolute Gasteiger partial charge is 0.481 e. The minimum atomic E-state index is -0.944. The number of carbonyl (C=O) groups excluding carboxylic acids is 2. The van der Waals surface area contributed by atoms with Crippen molar-refractivity contribution in [3.8, 4) is 0 Å². The van der Waals surface area contributed by atoms with Crippen LogP contribution in [-0.2, 0) is 9.59 Å². The molecule has 1 saturated carbocycles. The van der Waals surface area contributed by atoms with Crippen LogP contribution in [0.25, 0.3) is 0 Å². The third kappa shape index (κ3) is 5.33. The first-order valence-corrected chi connectivity index (χ1v) is 5.64. The van der Waals surface area contributed by atoms with Crippen molar-refractivity contribution in [2.45, 2.75) is 45.1 Å². The zero-order valence-electron chi connectivity index (χ0n) is 10.1. The number of hydrogen-bond donors (Lipinski definition) is 3. The van der Waals surface area contributed by atoms with Gasteiger partial charge in [-0.2, -0.15) is 0 Å². The van der Waals surface area contributed by atoms with E-state index in [0.29, 0.717) is 0 Å². The molecule has 1 fully saturated rings. The van der Waals surface area contributed by atoms with Crippen LogP contribution in [-0.4, -0.2) is 28.6 Å². The van der Waals surface area contributed by atoms with E-state index in [1.165, 1.54) is 0 Å². The SMILES string of the molecule is CC(CC(=O)O)CC(=O)NC(=O)NC1(C)CC1. The van der Waals surface area contributed by atoms with Crippen LogP contribution < -0.4 is 10.6 Å². The summed E-state index contributed by atoms with van der Waals surface area (Å²) in [6.07, 6.45) is 1.80. The quantitative estimate of drug-likeness (QED) is 0.666. The maximum atomic E-state index is 11.4. The summed E-state index contributed by atoms with van der Waals surface area (Å²) < 4.78 is 0. The summed E-state index contributed by atoms with van der Waals surface area (Å²) in [7, 11) is 0. The van der Waals surface area contributed by atoms with E-state index in [1.54, 1.807) is 6.92 Å². The third-order valence-corrected chi connectivity index (χ3v) is 2.73. The number of nitrogens with one attached hydrogen (secondary N) is 2. The van der Waals surface area contributed by atoms with Gasteiger partial charge in [0, 0.05) is 18.4 Å². The molecular formula is C11H18N2O4. The van der Waals surface area contributed by atoms with E-state index in [4.69, 9.17) is 5.11 Å². The van der Waals surface area contributed by atoms with Crippen LogP contribution in [0.2, 0.25) is 0 Å². The van der Waals surface area contributed by atoms with Gasteiger partial charge in [0.05, 0.1) is 0 Å². The molecule has 96 valence electrons. The van der Waals surface area contributed by atoms with Gasteiger partial charge in [-0.15, -0.1) is 0 Å². The Hall–Kier alpha value is -1.59. The zero-order valence-corrected chi connectivity index (χ0v) is 10.1. The number of aliphatic carboxylic acids is 1. The summed E-state index contributed by atoms with van der Waals surface area (Å²) in [6.45, 7) is 3.57. The van der Waals surface area contributed by atoms with Gasteiger partial charge < -0.3 is 10.4 Å². The van der Waals surface area contributed by atoms with E-state index < -0.39 is 17.9 Å². The predicted molar refractivity (Wildman–Crippen MR) is 60.3 cm³/mol. The molecule has 1 rings (SSSR count). The molecule has 3 N–H and O–H groups in total. The lowest BCUT2D eigenvalue weighted by molar-refractivity contribution is -0.138. The van der Waals surface area contributed by atoms with E-state index in [0.717, 1.165) is 12.8 Å². The van der Waals surface area contributed by atoms with Gasteiger partial charge in [-0.05, 0) is 25.7 Å². The predicted octanol–water partition coefficient (Wildman–Crippen LogP) is 0.866. The lowest BCUT2D eigenvalue weighted by Crippen LogP contribution is -2.44. The fourth-order valence-electron chi connectivity index (χ4n) is 1.48. The Morgan fingerprint density at radius 2 is 1.88 bits per heavy atom. The number of amides is 3. The minimum Gasteiger partial charge on any atom is -0.481 e. The third-order valence-electron chi connectivity index (χ3n) is 2.73. The molecule has 1 aliphatic carbocycles. The molecule has 1 aliphatic rings. The van der Waals surface area contributed by atoms with Crippen LogP contribution in [0.15, 0.2) is 0 Å². The Morgan fingerprint density at radius 3 is 2.35 bits per heavy atom. The van der Waals surface area contributed by atoms with E-state index >= 15 is 0 Å². The van der Waals surface area contributed by atoms with Crippen molar-refractivity contribution in [3.63, 3.8) is 0 Å². The molecule has 0 radical (unpaired) electrons. The molecule has 17 heavy (non-hydrogen) atoms. The molecule has 0 spiro atoms. The second kappa shape index (κ2) is 5.16. The smallest absolute Gasteiger partial charge is 0.321 e. The molecule has 0 saturated heterocycles. The highest BCUT2D eigenvalue weighted by Crippen LogP contribution is 2.33. The molecule has 6 heteroatoms. The highest BCUT2D eigenvalue weighted by atomic mass is 16.4. The number of carbonyl (C=O) groups is 3. The van der Waals surface area contributed by atoms with Gasteiger partial charge in [-0.25, -0.2) is 4.79 Å². The highest BCUT2D eigenvalue weighted by molar-refractivity contribution is 5.94. The average molecular weight is 242 g/mol. The average Bonchev–Trinajstić information content (AvgIpc) is 2.79. The molecule has 1 unspecified atom stereocenters. The molecule has 0 heterocycles. The van der Waals surface area contributed by atoms with Crippen LogP contribution in [0.3, 0.4) is 0 Å². The summed E-state index contributed by atoms with van der Waals surface area (Å²) in [5, 5.41) is 13.4. The molecule has 1 atom stereocenters. The van der Waals surface area contributed by atoms with E-state index in [2.05, 4.69) is 10.6 Å². The molecule has 3 amide bonds. The Balaban J connectivity index is 2.24. The minimum absolute atomic E-state index is 0.0381. The van der Waals surface area contributed by atoms with Crippen molar-refractivity contribution in [1.82, 2.24) is 10.6 Å². The summed E-state index contributed by atoms with van der Waals surface area (Å²) in [4.78, 5) is 33.1. The standard InChI is InChI=1S/C11H18N2O4/c1-7(6-9(15)16)5-8(14)12-10(17)13-11(2)3-4-11/h7H,3-6H2,1-2H3,(H,15,16)(H2,12,13,14,17). The first-order valence-electron chi connectivity index (χ1n) is 5.64. The van der Waals surface area contributed by atoms with Gasteiger partial charge in [0.15, 0.2) is 0 Å². The molecule has 6 nitrogen and oxygen atoms in total. The Labute approximate surface area is 99.8 Å². The summed E-state index contributed by atoms with van der Waals surface area (Å²) in [6, 6.07) is -0.502. The lowest BCUT2D eigenvalue weighted by Gasteiger charge is -2.13. The van der Waals surface area contributed by atoms with Crippen molar-refractivity contribution in [1.29, 1.82) is 0 Å². The number of hydrogen-bond acceptors (Lipinski definition) is 3. The fraction of sp³-hybridized carbons (Fsp3) is 0.727. The van der Waals surface area contributed by atoms with Crippen LogP contribution in [0.5, 0.6) is 0 Å². The Morgan fingerprint density at radius 1 is 1.29 bits per heavy atom. The van der Waals surface area contributed by atoms with Crippen molar-refractivity contribution in [2.24, 2.45) is 5.92 Å². The van der Waals surface area contributed by atoms with Gasteiger partial charge in [-0.1, -0.05) is 6.92 Å². The van der Waals surface area contributed by atoms with Crippen LogP contribution in [0.1, 0.15) is 39.5 Å². The van der Waals surface area contributed by atoms with Crippen molar-refractivity contribution in [3.05, 3.63) is 0 Å². The summed E-state index contributed by atoms with van der Waals surface area (Å²) in [5.41, 5.74) is -0.170. The van der Waals surface area contributed by atoms with Crippen molar-refractivity contribution in [2.75, 3.05) is 0 Å². The normalized spacial score (nSPS) is 18.0. The van der Waals surface area contributed by atoms with Crippen LogP contribution >= 0.6 is 0 Å². The fourth-order valence-corrected chi connectivity index (χ4v) is 1.48. The molecular weight excluding hydrogens is 224 g/mol. The topological polar surface area (TPSA) is 95.5 Å². The molecule has 0 aromatic rings. The number of carboxylic acid groups (broad SMARTS) is 1. The van der Waals surface area contributed by atoms with Gasteiger partial charge >= 0.3 is 12.0 Å². The molecule has 0 bridgehead atoms. The highest BCUT2D eigenvalue weighted by Gasteiger charge is 2.38. The Bertz CT molecular complexity index is 336. The van der Waals surface area contributed by atoms with E-state index in [-0.39, 0.29) is 24.3 Å². The number of imide groups is 1. The van der Waals surface area contributed by atoms with Gasteiger partial charge in [0.2, 0.25) is 5.91 Å². The molecule has 0 aromatic carbocycles. The summed E-state index contributed by atoms with van der Waals surface area (Å²) in [5.74, 6) is -1.67. The second-order valence-electron chi connectivity index (χ2n) is 4.97. The zero-order chi connectivity index (χ0) is 13.1. The molecule has 0 aliphatic heterocycles. The van der Waals surface area contributed by atoms with Crippen molar-refractivity contribution >= 4 is 17.9 Å². The van der Waals surface area contributed by atoms with Crippen LogP contribution in [0.4, 0.5) is 4.79 Å². The maximum absolute atomic E-state index is 11.4. The Kier molecular flexibility index (Phi) is 4.09. The molecule has 0 aromatic heterocycles. The number of urea groups is 1. The van der Waals surface area contributed by atoms with Gasteiger partial charge in [0.1, 0.15) is 0 Å². The second-order valence-corrected chi connectivity index (χ2v) is 4.97.